The van der Waals surface area contributed by atoms with Gasteiger partial charge in [0.25, 0.3) is 5.91 Å². The number of ether oxygens (including phenoxy) is 1. The van der Waals surface area contributed by atoms with Gasteiger partial charge in [-0.25, -0.2) is 13.1 Å². The minimum Gasteiger partial charge on any atom is -0.383 e. The first-order chi connectivity index (χ1) is 15.4. The number of rotatable bonds is 10. The molecular formula is C25H28N2O4S. The number of methoxy groups -OCH3 is 1. The van der Waals surface area contributed by atoms with Crippen LogP contribution in [-0.2, 0) is 21.2 Å². The van der Waals surface area contributed by atoms with Crippen LogP contribution < -0.4 is 10.0 Å². The minimum absolute atomic E-state index is 0.0981. The molecule has 3 aromatic rings. The standard InChI is InChI=1S/C25H28N2O4S/c1-19(18-31-2)27-32(29,30)23-15-13-22(14-16-23)25(28)26-24(21-11-7-4-8-12-21)17-20-9-5-3-6-10-20/h3-16,19,24,27H,17-18H2,1-2H3,(H,26,28)/t19-,24+/m1/s1. The molecule has 0 spiro atoms. The maximum Gasteiger partial charge on any atom is 0.251 e. The molecular weight excluding hydrogens is 424 g/mol. The second-order valence-corrected chi connectivity index (χ2v) is 9.34. The molecule has 0 aliphatic carbocycles. The number of carbonyl (C=O) groups is 1. The van der Waals surface area contributed by atoms with Crippen LogP contribution in [0.2, 0.25) is 0 Å². The van der Waals surface area contributed by atoms with Crippen LogP contribution in [-0.4, -0.2) is 34.1 Å². The molecule has 0 aromatic heterocycles. The first-order valence-electron chi connectivity index (χ1n) is 10.4. The lowest BCUT2D eigenvalue weighted by molar-refractivity contribution is 0.0936. The Morgan fingerprint density at radius 2 is 1.50 bits per heavy atom. The van der Waals surface area contributed by atoms with E-state index in [0.29, 0.717) is 12.0 Å². The molecule has 168 valence electrons. The molecule has 1 amide bonds. The number of benzene rings is 3. The van der Waals surface area contributed by atoms with Crippen molar-refractivity contribution in [2.45, 2.75) is 30.3 Å². The SMILES string of the molecule is COC[C@@H](C)NS(=O)(=O)c1ccc(C(=O)N[C@@H](Cc2ccccc2)c2ccccc2)cc1. The molecule has 0 unspecified atom stereocenters. The first-order valence-corrected chi connectivity index (χ1v) is 11.9. The van der Waals surface area contributed by atoms with E-state index < -0.39 is 10.0 Å². The molecule has 32 heavy (non-hydrogen) atoms. The van der Waals surface area contributed by atoms with Gasteiger partial charge in [-0.3, -0.25) is 4.79 Å². The molecule has 0 heterocycles. The van der Waals surface area contributed by atoms with Crippen molar-refractivity contribution in [3.63, 3.8) is 0 Å². The average Bonchev–Trinajstić information content (AvgIpc) is 2.80. The summed E-state index contributed by atoms with van der Waals surface area (Å²) in [6.07, 6.45) is 0.643. The monoisotopic (exact) mass is 452 g/mol. The molecule has 0 aliphatic heterocycles. The second kappa shape index (κ2) is 11.0. The molecule has 0 saturated carbocycles. The third kappa shape index (κ3) is 6.50. The fourth-order valence-electron chi connectivity index (χ4n) is 3.43. The van der Waals surface area contributed by atoms with Crippen LogP contribution >= 0.6 is 0 Å². The van der Waals surface area contributed by atoms with E-state index in [-0.39, 0.29) is 29.5 Å². The van der Waals surface area contributed by atoms with Crippen molar-refractivity contribution in [2.24, 2.45) is 0 Å². The Balaban J connectivity index is 1.75. The molecule has 0 aliphatic rings. The normalized spacial score (nSPS) is 13.3. The molecule has 7 heteroatoms. The number of carbonyl (C=O) groups excluding carboxylic acids is 1. The van der Waals surface area contributed by atoms with Crippen LogP contribution in [0.1, 0.15) is 34.5 Å². The first kappa shape index (κ1) is 23.7. The van der Waals surface area contributed by atoms with Crippen LogP contribution in [0.3, 0.4) is 0 Å². The lowest BCUT2D eigenvalue weighted by atomic mass is 9.98. The van der Waals surface area contributed by atoms with Crippen molar-refractivity contribution in [3.8, 4) is 0 Å². The molecule has 2 N–H and O–H groups in total. The molecule has 6 nitrogen and oxygen atoms in total. The largest absolute Gasteiger partial charge is 0.383 e. The van der Waals surface area contributed by atoms with E-state index in [9.17, 15) is 13.2 Å². The van der Waals surface area contributed by atoms with Crippen LogP contribution in [0.4, 0.5) is 0 Å². The molecule has 0 bridgehead atoms. The van der Waals surface area contributed by atoms with Crippen molar-refractivity contribution in [1.82, 2.24) is 10.0 Å². The fraction of sp³-hybridized carbons (Fsp3) is 0.240. The quantitative estimate of drug-likeness (QED) is 0.491. The third-order valence-electron chi connectivity index (χ3n) is 4.99. The molecule has 0 fully saturated rings. The Morgan fingerprint density at radius 3 is 2.09 bits per heavy atom. The zero-order valence-corrected chi connectivity index (χ0v) is 19.0. The molecule has 2 atom stereocenters. The summed E-state index contributed by atoms with van der Waals surface area (Å²) in [5, 5.41) is 3.08. The molecule has 3 aromatic carbocycles. The second-order valence-electron chi connectivity index (χ2n) is 7.63. The van der Waals surface area contributed by atoms with Gasteiger partial charge in [0.15, 0.2) is 0 Å². The topological polar surface area (TPSA) is 84.5 Å². The summed E-state index contributed by atoms with van der Waals surface area (Å²) in [5.41, 5.74) is 2.50. The number of sulfonamides is 1. The highest BCUT2D eigenvalue weighted by atomic mass is 32.2. The minimum atomic E-state index is -3.69. The van der Waals surface area contributed by atoms with Crippen LogP contribution in [0.5, 0.6) is 0 Å². The van der Waals surface area contributed by atoms with Gasteiger partial charge in [-0.15, -0.1) is 0 Å². The van der Waals surface area contributed by atoms with Gasteiger partial charge >= 0.3 is 0 Å². The zero-order valence-electron chi connectivity index (χ0n) is 18.2. The Morgan fingerprint density at radius 1 is 0.906 bits per heavy atom. The summed E-state index contributed by atoms with van der Waals surface area (Å²) in [6, 6.07) is 25.1. The van der Waals surface area contributed by atoms with Gasteiger partial charge in [0.2, 0.25) is 10.0 Å². The summed E-state index contributed by atoms with van der Waals surface area (Å²) in [5.74, 6) is -0.264. The highest BCUT2D eigenvalue weighted by Crippen LogP contribution is 2.20. The summed E-state index contributed by atoms with van der Waals surface area (Å²) < 4.78 is 32.5. The van der Waals surface area contributed by atoms with E-state index in [4.69, 9.17) is 4.74 Å². The van der Waals surface area contributed by atoms with Gasteiger partial charge in [-0.05, 0) is 48.7 Å². The zero-order chi connectivity index (χ0) is 23.0. The molecule has 0 radical (unpaired) electrons. The Labute approximate surface area is 189 Å². The summed E-state index contributed by atoms with van der Waals surface area (Å²) in [6.45, 7) is 1.99. The smallest absolute Gasteiger partial charge is 0.251 e. The third-order valence-corrected chi connectivity index (χ3v) is 6.60. The van der Waals surface area contributed by atoms with Gasteiger partial charge < -0.3 is 10.1 Å². The number of amides is 1. The summed E-state index contributed by atoms with van der Waals surface area (Å²) in [4.78, 5) is 13.0. The lowest BCUT2D eigenvalue weighted by Gasteiger charge is -2.20. The lowest BCUT2D eigenvalue weighted by Crippen LogP contribution is -2.35. The van der Waals surface area contributed by atoms with Crippen LogP contribution in [0.25, 0.3) is 0 Å². The van der Waals surface area contributed by atoms with E-state index in [1.807, 2.05) is 60.7 Å². The van der Waals surface area contributed by atoms with Gasteiger partial charge in [0.05, 0.1) is 17.5 Å². The molecule has 3 rings (SSSR count). The van der Waals surface area contributed by atoms with E-state index in [1.54, 1.807) is 6.92 Å². The number of nitrogens with one attached hydrogen (secondary N) is 2. The molecule has 0 saturated heterocycles. The predicted molar refractivity (Wildman–Crippen MR) is 125 cm³/mol. The van der Waals surface area contributed by atoms with Crippen molar-refractivity contribution >= 4 is 15.9 Å². The summed E-state index contributed by atoms with van der Waals surface area (Å²) >= 11 is 0. The maximum atomic E-state index is 12.9. The number of hydrogen-bond acceptors (Lipinski definition) is 4. The Kier molecular flexibility index (Phi) is 8.16. The maximum absolute atomic E-state index is 12.9. The van der Waals surface area contributed by atoms with Crippen LogP contribution in [0, 0.1) is 0 Å². The Bertz CT molecular complexity index is 1100. The number of hydrogen-bond donors (Lipinski definition) is 2. The van der Waals surface area contributed by atoms with Gasteiger partial charge in [-0.2, -0.15) is 0 Å². The van der Waals surface area contributed by atoms with E-state index >= 15 is 0 Å². The fourth-order valence-corrected chi connectivity index (χ4v) is 4.66. The van der Waals surface area contributed by atoms with E-state index in [1.165, 1.54) is 31.4 Å². The average molecular weight is 453 g/mol. The highest BCUT2D eigenvalue weighted by Gasteiger charge is 2.20. The van der Waals surface area contributed by atoms with Crippen molar-refractivity contribution in [2.75, 3.05) is 13.7 Å². The highest BCUT2D eigenvalue weighted by molar-refractivity contribution is 7.89. The summed E-state index contributed by atoms with van der Waals surface area (Å²) in [7, 11) is -2.18. The van der Waals surface area contributed by atoms with Crippen molar-refractivity contribution < 1.29 is 17.9 Å². The van der Waals surface area contributed by atoms with Crippen LogP contribution in [0.15, 0.2) is 89.8 Å². The van der Waals surface area contributed by atoms with Crippen molar-refractivity contribution in [3.05, 3.63) is 102 Å². The van der Waals surface area contributed by atoms with Gasteiger partial charge in [0, 0.05) is 18.7 Å². The Hall–Kier alpha value is -3.00. The van der Waals surface area contributed by atoms with Gasteiger partial charge in [0.1, 0.15) is 0 Å². The van der Waals surface area contributed by atoms with E-state index in [2.05, 4.69) is 10.0 Å². The predicted octanol–water partition coefficient (Wildman–Crippen LogP) is 3.71. The van der Waals surface area contributed by atoms with Crippen molar-refractivity contribution in [1.29, 1.82) is 0 Å². The van der Waals surface area contributed by atoms with Gasteiger partial charge in [-0.1, -0.05) is 60.7 Å². The van der Waals surface area contributed by atoms with E-state index in [0.717, 1.165) is 11.1 Å².